The van der Waals surface area contributed by atoms with E-state index in [1.807, 2.05) is 24.3 Å². The number of benzene rings is 2. The number of ether oxygens (including phenoxy) is 1. The van der Waals surface area contributed by atoms with Crippen LogP contribution in [0.1, 0.15) is 71.8 Å². The van der Waals surface area contributed by atoms with Crippen LogP contribution in [0.25, 0.3) is 0 Å². The van der Waals surface area contributed by atoms with Crippen LogP contribution in [0.15, 0.2) is 71.1 Å². The molecule has 0 atom stereocenters. The van der Waals surface area contributed by atoms with Crippen molar-refractivity contribution in [1.29, 1.82) is 0 Å². The molecule has 210 valence electrons. The molecule has 2 aliphatic carbocycles. The molecule has 1 N–H and O–H groups in total. The first kappa shape index (κ1) is 28.2. The van der Waals surface area contributed by atoms with Crippen molar-refractivity contribution in [2.24, 2.45) is 10.8 Å². The zero-order valence-electron chi connectivity index (χ0n) is 23.9. The lowest BCUT2D eigenvalue weighted by molar-refractivity contribution is -0.120. The Balaban J connectivity index is 1.44. The number of amides is 1. The summed E-state index contributed by atoms with van der Waals surface area (Å²) in [5.41, 5.74) is 4.94. The number of hydrogen-bond donors (Lipinski definition) is 1. The Morgan fingerprint density at radius 3 is 1.90 bits per heavy atom. The van der Waals surface area contributed by atoms with Crippen LogP contribution in [0.2, 0.25) is 5.02 Å². The molecule has 0 aromatic heterocycles. The van der Waals surface area contributed by atoms with Gasteiger partial charge in [-0.25, -0.2) is 0 Å². The summed E-state index contributed by atoms with van der Waals surface area (Å²) in [6.45, 7) is 11.3. The summed E-state index contributed by atoms with van der Waals surface area (Å²) in [7, 11) is 0. The van der Waals surface area contributed by atoms with Crippen LogP contribution in [0.5, 0.6) is 5.75 Å². The molecular formula is C33H37ClN2O4. The van der Waals surface area contributed by atoms with E-state index in [1.165, 1.54) is 0 Å². The van der Waals surface area contributed by atoms with Gasteiger partial charge in [-0.3, -0.25) is 14.4 Å². The summed E-state index contributed by atoms with van der Waals surface area (Å²) in [5.74, 6) is 0.115. The lowest BCUT2D eigenvalue weighted by Crippen LogP contribution is -2.44. The lowest BCUT2D eigenvalue weighted by Gasteiger charge is -2.48. The number of Topliss-reactive ketones (excluding diaryl/α,β-unsaturated/α-hetero) is 2. The molecule has 0 spiro atoms. The number of carbonyl (C=O) groups is 3. The van der Waals surface area contributed by atoms with E-state index in [0.29, 0.717) is 29.3 Å². The van der Waals surface area contributed by atoms with Crippen molar-refractivity contribution < 1.29 is 19.1 Å². The lowest BCUT2D eigenvalue weighted by atomic mass is 9.63. The van der Waals surface area contributed by atoms with Gasteiger partial charge in [0.2, 0.25) is 0 Å². The van der Waals surface area contributed by atoms with Crippen LogP contribution in [0, 0.1) is 10.8 Å². The monoisotopic (exact) mass is 560 g/mol. The van der Waals surface area contributed by atoms with Crippen LogP contribution in [0.3, 0.4) is 0 Å². The highest BCUT2D eigenvalue weighted by Gasteiger charge is 2.48. The molecule has 7 heteroatoms. The third kappa shape index (κ3) is 5.60. The standard InChI is InChI=1S/C33H37ClN2O4/c1-6-36-24-15-32(2,3)17-26(37)30(24)29(31-25(36)16-33(4,5)18-27(31)38)20-7-13-23(14-8-20)40-19-28(39)35-22-11-9-21(34)10-12-22/h7-14,29H,6,15-19H2,1-5H3,(H,35,39). The van der Waals surface area contributed by atoms with Gasteiger partial charge in [-0.05, 0) is 72.6 Å². The van der Waals surface area contributed by atoms with Crippen molar-refractivity contribution in [2.45, 2.75) is 66.2 Å². The molecule has 40 heavy (non-hydrogen) atoms. The average Bonchev–Trinajstić information content (AvgIpc) is 2.87. The van der Waals surface area contributed by atoms with Gasteiger partial charge in [-0.15, -0.1) is 0 Å². The summed E-state index contributed by atoms with van der Waals surface area (Å²) in [6, 6.07) is 14.3. The van der Waals surface area contributed by atoms with Crippen LogP contribution < -0.4 is 10.1 Å². The van der Waals surface area contributed by atoms with Gasteiger partial charge in [0, 0.05) is 58.6 Å². The Labute approximate surface area is 241 Å². The van der Waals surface area contributed by atoms with Crippen molar-refractivity contribution in [3.05, 3.63) is 81.7 Å². The second kappa shape index (κ2) is 10.5. The molecule has 5 rings (SSSR count). The first-order valence-corrected chi connectivity index (χ1v) is 14.3. The zero-order chi connectivity index (χ0) is 28.8. The van der Waals surface area contributed by atoms with Crippen LogP contribution in [0.4, 0.5) is 5.69 Å². The maximum Gasteiger partial charge on any atom is 0.262 e. The molecule has 0 bridgehead atoms. The van der Waals surface area contributed by atoms with Crippen molar-refractivity contribution in [3.8, 4) is 5.75 Å². The number of allylic oxidation sites excluding steroid dienone is 4. The molecule has 6 nitrogen and oxygen atoms in total. The smallest absolute Gasteiger partial charge is 0.262 e. The number of nitrogens with zero attached hydrogens (tertiary/aromatic N) is 1. The fourth-order valence-corrected chi connectivity index (χ4v) is 6.52. The Hall–Kier alpha value is -3.38. The Morgan fingerprint density at radius 2 is 1.40 bits per heavy atom. The van der Waals surface area contributed by atoms with Gasteiger partial charge in [0.1, 0.15) is 5.75 Å². The molecular weight excluding hydrogens is 524 g/mol. The molecule has 2 aromatic carbocycles. The normalized spacial score (nSPS) is 20.3. The molecule has 3 aliphatic rings. The highest BCUT2D eigenvalue weighted by atomic mass is 35.5. The summed E-state index contributed by atoms with van der Waals surface area (Å²) >= 11 is 5.91. The van der Waals surface area contributed by atoms with E-state index in [4.69, 9.17) is 16.3 Å². The number of carbonyl (C=O) groups excluding carboxylic acids is 3. The van der Waals surface area contributed by atoms with Crippen molar-refractivity contribution >= 4 is 34.8 Å². The summed E-state index contributed by atoms with van der Waals surface area (Å²) < 4.78 is 5.75. The molecule has 0 fully saturated rings. The Kier molecular flexibility index (Phi) is 7.43. The third-order valence-electron chi connectivity index (χ3n) is 8.05. The van der Waals surface area contributed by atoms with E-state index in [0.717, 1.165) is 47.5 Å². The van der Waals surface area contributed by atoms with Gasteiger partial charge >= 0.3 is 0 Å². The minimum atomic E-state index is -0.387. The van der Waals surface area contributed by atoms with Crippen molar-refractivity contribution in [3.63, 3.8) is 0 Å². The Morgan fingerprint density at radius 1 is 0.875 bits per heavy atom. The number of hydrogen-bond acceptors (Lipinski definition) is 5. The maximum atomic E-state index is 13.7. The average molecular weight is 561 g/mol. The van der Waals surface area contributed by atoms with Gasteiger partial charge < -0.3 is 15.0 Å². The van der Waals surface area contributed by atoms with Gasteiger partial charge in [-0.1, -0.05) is 51.4 Å². The first-order chi connectivity index (χ1) is 18.9. The topological polar surface area (TPSA) is 75.7 Å². The van der Waals surface area contributed by atoms with Gasteiger partial charge in [0.15, 0.2) is 18.2 Å². The third-order valence-corrected chi connectivity index (χ3v) is 8.30. The SMILES string of the molecule is CCN1C2=C(C(=O)CC(C)(C)C2)C(c2ccc(OCC(=O)Nc3ccc(Cl)cc3)cc2)C2=C1CC(C)(C)CC2=O. The number of halogens is 1. The second-order valence-electron chi connectivity index (χ2n) is 12.7. The van der Waals surface area contributed by atoms with E-state index in [9.17, 15) is 14.4 Å². The molecule has 2 aromatic rings. The summed E-state index contributed by atoms with van der Waals surface area (Å²) in [4.78, 5) is 42.1. The van der Waals surface area contributed by atoms with Crippen molar-refractivity contribution in [1.82, 2.24) is 4.90 Å². The Bertz CT molecular complexity index is 1360. The maximum absolute atomic E-state index is 13.7. The van der Waals surface area contributed by atoms with Crippen LogP contribution in [-0.4, -0.2) is 35.5 Å². The fraction of sp³-hybridized carbons (Fsp3) is 0.424. The van der Waals surface area contributed by atoms with E-state index in [2.05, 4.69) is 44.8 Å². The minimum absolute atomic E-state index is 0.123. The van der Waals surface area contributed by atoms with Crippen molar-refractivity contribution in [2.75, 3.05) is 18.5 Å². The number of anilines is 1. The minimum Gasteiger partial charge on any atom is -0.484 e. The van der Waals surface area contributed by atoms with Gasteiger partial charge in [-0.2, -0.15) is 0 Å². The van der Waals surface area contributed by atoms with Crippen LogP contribution >= 0.6 is 11.6 Å². The van der Waals surface area contributed by atoms with Crippen LogP contribution in [-0.2, 0) is 14.4 Å². The largest absolute Gasteiger partial charge is 0.484 e. The molecule has 0 saturated heterocycles. The van der Waals surface area contributed by atoms with E-state index in [-0.39, 0.29) is 40.8 Å². The highest BCUT2D eigenvalue weighted by molar-refractivity contribution is 6.30. The fourth-order valence-electron chi connectivity index (χ4n) is 6.40. The summed E-state index contributed by atoms with van der Waals surface area (Å²) in [6.07, 6.45) is 2.53. The first-order valence-electron chi connectivity index (χ1n) is 14.0. The van der Waals surface area contributed by atoms with Gasteiger partial charge in [0.25, 0.3) is 5.91 Å². The number of nitrogens with one attached hydrogen (secondary N) is 1. The molecule has 0 unspecified atom stereocenters. The molecule has 0 saturated carbocycles. The molecule has 0 radical (unpaired) electrons. The second-order valence-corrected chi connectivity index (χ2v) is 13.1. The van der Waals surface area contributed by atoms with Gasteiger partial charge in [0.05, 0.1) is 0 Å². The zero-order valence-corrected chi connectivity index (χ0v) is 24.7. The molecule has 1 aliphatic heterocycles. The van der Waals surface area contributed by atoms with E-state index >= 15 is 0 Å². The summed E-state index contributed by atoms with van der Waals surface area (Å²) in [5, 5.41) is 3.38. The predicted molar refractivity (Wildman–Crippen MR) is 157 cm³/mol. The highest BCUT2D eigenvalue weighted by Crippen LogP contribution is 2.54. The van der Waals surface area contributed by atoms with E-state index < -0.39 is 0 Å². The quantitative estimate of drug-likeness (QED) is 0.409. The number of rotatable bonds is 6. The number of ketones is 2. The predicted octanol–water partition coefficient (Wildman–Crippen LogP) is 7.06. The molecule has 1 heterocycles. The van der Waals surface area contributed by atoms with E-state index in [1.54, 1.807) is 24.3 Å². The molecule has 1 amide bonds.